The molecule has 1 amide bonds. The number of aromatic amines is 1. The number of anilines is 2. The normalized spacial score (nSPS) is 13.4. The molecule has 34 heavy (non-hydrogen) atoms. The second-order valence-corrected chi connectivity index (χ2v) is 11.7. The van der Waals surface area contributed by atoms with Gasteiger partial charge in [0, 0.05) is 16.6 Å². The quantitative estimate of drug-likeness (QED) is 0.376. The zero-order valence-electron chi connectivity index (χ0n) is 21.0. The summed E-state index contributed by atoms with van der Waals surface area (Å²) in [6, 6.07) is 4.56. The van der Waals surface area contributed by atoms with Crippen LogP contribution >= 0.6 is 0 Å². The van der Waals surface area contributed by atoms with Crippen LogP contribution in [0.1, 0.15) is 83.4 Å². The van der Waals surface area contributed by atoms with Gasteiger partial charge in [0.05, 0.1) is 17.5 Å². The number of benzene rings is 1. The number of rotatable bonds is 5. The van der Waals surface area contributed by atoms with Crippen molar-refractivity contribution in [3.63, 3.8) is 0 Å². The van der Waals surface area contributed by atoms with Crippen molar-refractivity contribution in [2.75, 3.05) is 10.6 Å². The third kappa shape index (κ3) is 5.74. The molecular weight excluding hydrogens is 443 g/mol. The van der Waals surface area contributed by atoms with Gasteiger partial charge in [-0.15, -0.1) is 0 Å². The van der Waals surface area contributed by atoms with E-state index in [9.17, 15) is 18.0 Å². The number of halogens is 3. The molecule has 0 saturated heterocycles. The van der Waals surface area contributed by atoms with Crippen LogP contribution < -0.4 is 10.6 Å². The van der Waals surface area contributed by atoms with E-state index in [2.05, 4.69) is 76.1 Å². The second-order valence-electron chi connectivity index (χ2n) is 11.7. The Balaban J connectivity index is 1.99. The van der Waals surface area contributed by atoms with E-state index in [-0.39, 0.29) is 27.6 Å². The van der Waals surface area contributed by atoms with Gasteiger partial charge in [-0.25, -0.2) is 0 Å². The van der Waals surface area contributed by atoms with Gasteiger partial charge in [-0.1, -0.05) is 47.6 Å². The van der Waals surface area contributed by atoms with Crippen LogP contribution in [-0.4, -0.2) is 26.0 Å². The lowest BCUT2D eigenvalue weighted by molar-refractivity contribution is -0.137. The van der Waals surface area contributed by atoms with Crippen LogP contribution in [0.5, 0.6) is 0 Å². The fraction of sp³-hybridized carbons (Fsp3) is 0.520. The fourth-order valence-electron chi connectivity index (χ4n) is 4.41. The molecule has 2 heterocycles. The SMILES string of the molecule is CC(C)(C)CC(C)(C)Nc1c(C(C)(C)C)[nH]c2c(C(=O)Nc3cccc(C(F)(F)F)c3)cnn12. The lowest BCUT2D eigenvalue weighted by atomic mass is 9.81. The molecule has 0 fully saturated rings. The number of nitrogens with one attached hydrogen (secondary N) is 3. The van der Waals surface area contributed by atoms with Gasteiger partial charge in [-0.3, -0.25) is 4.79 Å². The van der Waals surface area contributed by atoms with Crippen LogP contribution in [0, 0.1) is 5.41 Å². The lowest BCUT2D eigenvalue weighted by Crippen LogP contribution is -2.36. The maximum atomic E-state index is 13.0. The Morgan fingerprint density at radius 3 is 2.26 bits per heavy atom. The number of nitrogens with zero attached hydrogens (tertiary/aromatic N) is 2. The number of amides is 1. The summed E-state index contributed by atoms with van der Waals surface area (Å²) in [5.41, 5.74) is 0.377. The fourth-order valence-corrected chi connectivity index (χ4v) is 4.41. The molecule has 1 aromatic carbocycles. The number of fused-ring (bicyclic) bond motifs is 1. The predicted molar refractivity (Wildman–Crippen MR) is 129 cm³/mol. The first-order valence-electron chi connectivity index (χ1n) is 11.2. The zero-order chi connectivity index (χ0) is 25.7. The molecule has 0 saturated carbocycles. The molecule has 0 aliphatic heterocycles. The van der Waals surface area contributed by atoms with E-state index >= 15 is 0 Å². The van der Waals surface area contributed by atoms with Gasteiger partial charge in [-0.2, -0.15) is 22.8 Å². The Hall–Kier alpha value is -2.97. The van der Waals surface area contributed by atoms with Crippen LogP contribution in [0.2, 0.25) is 0 Å². The van der Waals surface area contributed by atoms with Crippen molar-refractivity contribution in [1.29, 1.82) is 0 Å². The number of carbonyl (C=O) groups excluding carboxylic acids is 1. The molecular formula is C25H34F3N5O. The Kier molecular flexibility index (Phi) is 6.30. The van der Waals surface area contributed by atoms with E-state index in [1.165, 1.54) is 18.3 Å². The first-order chi connectivity index (χ1) is 15.4. The highest BCUT2D eigenvalue weighted by Gasteiger charge is 2.33. The average molecular weight is 478 g/mol. The lowest BCUT2D eigenvalue weighted by Gasteiger charge is -2.34. The summed E-state index contributed by atoms with van der Waals surface area (Å²) in [6.07, 6.45) is -2.18. The van der Waals surface area contributed by atoms with E-state index in [4.69, 9.17) is 0 Å². The van der Waals surface area contributed by atoms with Crippen molar-refractivity contribution in [3.05, 3.63) is 47.3 Å². The Bertz CT molecular complexity index is 1190. The summed E-state index contributed by atoms with van der Waals surface area (Å²) >= 11 is 0. The Labute approximate surface area is 198 Å². The molecule has 3 aromatic rings. The number of carbonyl (C=O) groups is 1. The monoisotopic (exact) mass is 477 g/mol. The van der Waals surface area contributed by atoms with Gasteiger partial charge in [0.15, 0.2) is 0 Å². The van der Waals surface area contributed by atoms with Crippen LogP contribution in [-0.2, 0) is 11.6 Å². The number of alkyl halides is 3. The number of aromatic nitrogens is 3. The van der Waals surface area contributed by atoms with Gasteiger partial charge in [0.2, 0.25) is 0 Å². The minimum atomic E-state index is -4.49. The van der Waals surface area contributed by atoms with Gasteiger partial charge >= 0.3 is 6.18 Å². The van der Waals surface area contributed by atoms with Crippen molar-refractivity contribution >= 4 is 23.1 Å². The first kappa shape index (κ1) is 25.6. The highest BCUT2D eigenvalue weighted by molar-refractivity contribution is 6.08. The van der Waals surface area contributed by atoms with Crippen molar-refractivity contribution < 1.29 is 18.0 Å². The zero-order valence-corrected chi connectivity index (χ0v) is 21.0. The summed E-state index contributed by atoms with van der Waals surface area (Å²) in [7, 11) is 0. The third-order valence-electron chi connectivity index (χ3n) is 5.33. The second kappa shape index (κ2) is 8.36. The van der Waals surface area contributed by atoms with E-state index in [1.807, 2.05) is 0 Å². The molecule has 0 atom stereocenters. The number of H-pyrrole nitrogens is 1. The first-order valence-corrected chi connectivity index (χ1v) is 11.2. The largest absolute Gasteiger partial charge is 0.416 e. The molecule has 0 aliphatic rings. The van der Waals surface area contributed by atoms with Gasteiger partial charge < -0.3 is 15.6 Å². The molecule has 0 unspecified atom stereocenters. The molecule has 0 bridgehead atoms. The summed E-state index contributed by atoms with van der Waals surface area (Å²) in [6.45, 7) is 16.9. The number of imidazole rings is 1. The van der Waals surface area contributed by atoms with Crippen molar-refractivity contribution in [2.45, 2.75) is 78.9 Å². The van der Waals surface area contributed by atoms with Gasteiger partial charge in [-0.05, 0) is 43.9 Å². The highest BCUT2D eigenvalue weighted by Crippen LogP contribution is 2.36. The Morgan fingerprint density at radius 1 is 1.06 bits per heavy atom. The molecule has 9 heteroatoms. The average Bonchev–Trinajstić information content (AvgIpc) is 3.19. The van der Waals surface area contributed by atoms with Crippen molar-refractivity contribution in [1.82, 2.24) is 14.6 Å². The minimum absolute atomic E-state index is 0.0615. The number of hydrogen-bond donors (Lipinski definition) is 3. The Morgan fingerprint density at radius 2 is 1.71 bits per heavy atom. The minimum Gasteiger partial charge on any atom is -0.364 e. The summed E-state index contributed by atoms with van der Waals surface area (Å²) in [4.78, 5) is 16.3. The molecule has 2 aromatic heterocycles. The van der Waals surface area contributed by atoms with Crippen LogP contribution in [0.3, 0.4) is 0 Å². The molecule has 0 spiro atoms. The highest BCUT2D eigenvalue weighted by atomic mass is 19.4. The molecule has 0 radical (unpaired) electrons. The summed E-state index contributed by atoms with van der Waals surface area (Å²) in [5, 5.41) is 10.6. The topological polar surface area (TPSA) is 74.2 Å². The molecule has 186 valence electrons. The smallest absolute Gasteiger partial charge is 0.364 e. The maximum Gasteiger partial charge on any atom is 0.416 e. The van der Waals surface area contributed by atoms with Crippen LogP contribution in [0.4, 0.5) is 24.7 Å². The molecule has 3 N–H and O–H groups in total. The predicted octanol–water partition coefficient (Wildman–Crippen LogP) is 6.86. The van der Waals surface area contributed by atoms with Crippen molar-refractivity contribution in [3.8, 4) is 0 Å². The summed E-state index contributed by atoms with van der Waals surface area (Å²) in [5.74, 6) is 0.214. The summed E-state index contributed by atoms with van der Waals surface area (Å²) < 4.78 is 40.8. The third-order valence-corrected chi connectivity index (χ3v) is 5.33. The maximum absolute atomic E-state index is 13.0. The molecule has 3 rings (SSSR count). The number of hydrogen-bond acceptors (Lipinski definition) is 3. The van der Waals surface area contributed by atoms with Crippen LogP contribution in [0.15, 0.2) is 30.5 Å². The van der Waals surface area contributed by atoms with E-state index in [1.54, 1.807) is 4.52 Å². The molecule has 0 aliphatic carbocycles. The van der Waals surface area contributed by atoms with E-state index in [0.717, 1.165) is 30.1 Å². The van der Waals surface area contributed by atoms with Gasteiger partial charge in [0.1, 0.15) is 17.0 Å². The van der Waals surface area contributed by atoms with Gasteiger partial charge in [0.25, 0.3) is 5.91 Å². The standard InChI is InChI=1S/C25H34F3N5O/c1-22(2,3)14-24(7,8)32-20-18(23(4,5)6)31-19-17(13-29-33(19)20)21(34)30-16-11-9-10-15(12-16)25(26,27)28/h9-13,31-32H,14H2,1-8H3,(H,30,34). The van der Waals surface area contributed by atoms with E-state index < -0.39 is 17.6 Å². The van der Waals surface area contributed by atoms with Crippen molar-refractivity contribution in [2.24, 2.45) is 5.41 Å². The van der Waals surface area contributed by atoms with Crippen LogP contribution in [0.25, 0.3) is 5.65 Å². The van der Waals surface area contributed by atoms with E-state index in [0.29, 0.717) is 5.65 Å². The molecule has 6 nitrogen and oxygen atoms in total.